The van der Waals surface area contributed by atoms with Crippen molar-refractivity contribution in [2.24, 2.45) is 0 Å². The zero-order chi connectivity index (χ0) is 14.1. The summed E-state index contributed by atoms with van der Waals surface area (Å²) in [5, 5.41) is 13.2. The fourth-order valence-electron chi connectivity index (χ4n) is 2.84. The lowest BCUT2D eigenvalue weighted by molar-refractivity contribution is 0.288. The van der Waals surface area contributed by atoms with Crippen LogP contribution in [-0.2, 0) is 12.8 Å². The quantitative estimate of drug-likeness (QED) is 0.843. The minimum absolute atomic E-state index is 0.193. The Hall–Kier alpha value is -0.810. The number of nitrogens with one attached hydrogen (secondary N) is 1. The van der Waals surface area contributed by atoms with Crippen molar-refractivity contribution in [3.8, 4) is 0 Å². The van der Waals surface area contributed by atoms with E-state index < -0.39 is 0 Å². The average Bonchev–Trinajstić information content (AvgIpc) is 3.18. The third kappa shape index (κ3) is 2.79. The summed E-state index contributed by atoms with van der Waals surface area (Å²) in [7, 11) is 0. The van der Waals surface area contributed by atoms with Crippen molar-refractivity contribution in [1.29, 1.82) is 0 Å². The highest BCUT2D eigenvalue weighted by Crippen LogP contribution is 2.40. The first-order chi connectivity index (χ1) is 9.72. The molecule has 20 heavy (non-hydrogen) atoms. The minimum atomic E-state index is 0.193. The molecule has 3 rings (SSSR count). The van der Waals surface area contributed by atoms with Gasteiger partial charge in [-0.1, -0.05) is 0 Å². The maximum Gasteiger partial charge on any atom is 0.134 e. The first kappa shape index (κ1) is 14.1. The lowest BCUT2D eigenvalue weighted by atomic mass is 10.2. The molecule has 2 aliphatic carbocycles. The fourth-order valence-corrected chi connectivity index (χ4v) is 3.47. The van der Waals surface area contributed by atoms with Crippen LogP contribution >= 0.6 is 11.8 Å². The van der Waals surface area contributed by atoms with Gasteiger partial charge in [0.15, 0.2) is 0 Å². The van der Waals surface area contributed by atoms with Crippen LogP contribution < -0.4 is 5.32 Å². The summed E-state index contributed by atoms with van der Waals surface area (Å²) in [5.74, 6) is 2.64. The zero-order valence-corrected chi connectivity index (χ0v) is 13.0. The normalized spacial score (nSPS) is 20.6. The molecule has 0 aromatic carbocycles. The van der Waals surface area contributed by atoms with Gasteiger partial charge in [0.1, 0.15) is 11.6 Å². The number of aliphatic hydroxyl groups excluding tert-OH is 1. The van der Waals surface area contributed by atoms with Crippen molar-refractivity contribution in [3.05, 3.63) is 17.1 Å². The van der Waals surface area contributed by atoms with E-state index in [1.54, 1.807) is 11.8 Å². The Morgan fingerprint density at radius 1 is 1.35 bits per heavy atom. The molecule has 0 radical (unpaired) electrons. The molecule has 0 amide bonds. The minimum Gasteiger partial charge on any atom is -0.395 e. The molecular weight excluding hydrogens is 270 g/mol. The monoisotopic (exact) mass is 293 g/mol. The van der Waals surface area contributed by atoms with E-state index in [1.165, 1.54) is 30.5 Å². The third-order valence-electron chi connectivity index (χ3n) is 4.30. The molecule has 1 aromatic rings. The molecule has 4 nitrogen and oxygen atoms in total. The van der Waals surface area contributed by atoms with Gasteiger partial charge in [-0.05, 0) is 45.3 Å². The summed E-state index contributed by atoms with van der Waals surface area (Å²) in [4.78, 5) is 9.55. The molecule has 2 aliphatic rings. The summed E-state index contributed by atoms with van der Waals surface area (Å²) in [6.45, 7) is 2.32. The summed E-state index contributed by atoms with van der Waals surface area (Å²) < 4.78 is 0. The highest BCUT2D eigenvalue weighted by molar-refractivity contribution is 7.99. The van der Waals surface area contributed by atoms with Crippen LogP contribution in [0, 0.1) is 0 Å². The van der Waals surface area contributed by atoms with Crippen LogP contribution in [0.3, 0.4) is 0 Å². The molecule has 2 unspecified atom stereocenters. The third-order valence-corrected chi connectivity index (χ3v) is 5.46. The number of hydrogen-bond acceptors (Lipinski definition) is 5. The van der Waals surface area contributed by atoms with Crippen LogP contribution in [-0.4, -0.2) is 39.2 Å². The molecule has 0 spiro atoms. The van der Waals surface area contributed by atoms with Crippen LogP contribution in [0.4, 0.5) is 5.82 Å². The molecule has 5 heteroatoms. The Morgan fingerprint density at radius 3 is 2.80 bits per heavy atom. The Morgan fingerprint density at radius 2 is 2.15 bits per heavy atom. The first-order valence-corrected chi connectivity index (χ1v) is 8.81. The summed E-state index contributed by atoms with van der Waals surface area (Å²) in [6.07, 6.45) is 7.87. The Balaban J connectivity index is 1.84. The lowest BCUT2D eigenvalue weighted by Gasteiger charge is -2.23. The molecular formula is C15H23N3OS. The van der Waals surface area contributed by atoms with Crippen LogP contribution in [0.2, 0.25) is 0 Å². The molecule has 110 valence electrons. The topological polar surface area (TPSA) is 58.0 Å². The zero-order valence-electron chi connectivity index (χ0n) is 12.2. The van der Waals surface area contributed by atoms with Crippen molar-refractivity contribution < 1.29 is 5.11 Å². The van der Waals surface area contributed by atoms with Crippen molar-refractivity contribution >= 4 is 17.6 Å². The predicted molar refractivity (Wildman–Crippen MR) is 83.5 cm³/mol. The molecule has 2 N–H and O–H groups in total. The van der Waals surface area contributed by atoms with E-state index in [-0.39, 0.29) is 17.9 Å². The highest BCUT2D eigenvalue weighted by atomic mass is 32.2. The van der Waals surface area contributed by atoms with Crippen molar-refractivity contribution in [2.45, 2.75) is 56.2 Å². The van der Waals surface area contributed by atoms with Crippen LogP contribution in [0.5, 0.6) is 0 Å². The van der Waals surface area contributed by atoms with Gasteiger partial charge in [-0.3, -0.25) is 0 Å². The molecule has 1 aromatic heterocycles. The smallest absolute Gasteiger partial charge is 0.134 e. The molecule has 1 heterocycles. The van der Waals surface area contributed by atoms with Crippen molar-refractivity contribution in [2.75, 3.05) is 18.2 Å². The highest BCUT2D eigenvalue weighted by Gasteiger charge is 2.30. The number of rotatable bonds is 6. The number of anilines is 1. The van der Waals surface area contributed by atoms with Gasteiger partial charge in [-0.25, -0.2) is 9.97 Å². The second kappa shape index (κ2) is 5.90. The van der Waals surface area contributed by atoms with E-state index in [1.807, 2.05) is 6.26 Å². The number of aromatic nitrogens is 2. The average molecular weight is 293 g/mol. The number of aliphatic hydroxyl groups is 1. The lowest BCUT2D eigenvalue weighted by Crippen LogP contribution is -2.32. The van der Waals surface area contributed by atoms with E-state index in [4.69, 9.17) is 9.97 Å². The number of hydrogen-bond donors (Lipinski definition) is 2. The van der Waals surface area contributed by atoms with Gasteiger partial charge in [-0.15, -0.1) is 0 Å². The van der Waals surface area contributed by atoms with Crippen LogP contribution in [0.1, 0.15) is 49.2 Å². The molecule has 0 aliphatic heterocycles. The van der Waals surface area contributed by atoms with Gasteiger partial charge in [0.05, 0.1) is 6.61 Å². The number of aryl methyl sites for hydroxylation is 1. The standard InChI is InChI=1S/C15H23N3OS/c1-9(13(8-19)20-2)16-15-11-4-3-5-12(11)17-14(18-15)10-6-7-10/h9-10,13,19H,3-8H2,1-2H3,(H,16,17,18). The first-order valence-electron chi connectivity index (χ1n) is 7.52. The molecule has 0 saturated heterocycles. The number of fused-ring (bicyclic) bond motifs is 1. The Bertz CT molecular complexity index is 486. The molecule has 1 saturated carbocycles. The van der Waals surface area contributed by atoms with Gasteiger partial charge in [0, 0.05) is 28.5 Å². The maximum atomic E-state index is 9.43. The van der Waals surface area contributed by atoms with Gasteiger partial charge < -0.3 is 10.4 Å². The summed E-state index contributed by atoms with van der Waals surface area (Å²) in [5.41, 5.74) is 2.56. The van der Waals surface area contributed by atoms with Gasteiger partial charge in [0.2, 0.25) is 0 Å². The fraction of sp³-hybridized carbons (Fsp3) is 0.733. The van der Waals surface area contributed by atoms with Gasteiger partial charge >= 0.3 is 0 Å². The predicted octanol–water partition coefficient (Wildman–Crippen LogP) is 2.37. The number of nitrogens with zero attached hydrogens (tertiary/aromatic N) is 2. The number of thioether (sulfide) groups is 1. The van der Waals surface area contributed by atoms with E-state index in [0.29, 0.717) is 5.92 Å². The largest absolute Gasteiger partial charge is 0.395 e. The molecule has 0 bridgehead atoms. The van der Waals surface area contributed by atoms with Crippen molar-refractivity contribution in [3.63, 3.8) is 0 Å². The SMILES string of the molecule is CSC(CO)C(C)Nc1nc(C2CC2)nc2c1CCC2. The van der Waals surface area contributed by atoms with E-state index in [2.05, 4.69) is 12.2 Å². The second-order valence-corrected chi connectivity index (χ2v) is 6.95. The van der Waals surface area contributed by atoms with E-state index >= 15 is 0 Å². The molecule has 1 fully saturated rings. The summed E-state index contributed by atoms with van der Waals surface area (Å²) in [6, 6.07) is 0.210. The Kier molecular flexibility index (Phi) is 4.17. The van der Waals surface area contributed by atoms with Crippen LogP contribution in [0.15, 0.2) is 0 Å². The molecule has 2 atom stereocenters. The van der Waals surface area contributed by atoms with Crippen molar-refractivity contribution in [1.82, 2.24) is 9.97 Å². The van der Waals surface area contributed by atoms with Crippen LogP contribution in [0.25, 0.3) is 0 Å². The van der Waals surface area contributed by atoms with Gasteiger partial charge in [-0.2, -0.15) is 11.8 Å². The Labute approximate surface area is 124 Å². The van der Waals surface area contributed by atoms with E-state index in [0.717, 1.165) is 24.5 Å². The second-order valence-electron chi connectivity index (χ2n) is 5.87. The van der Waals surface area contributed by atoms with E-state index in [9.17, 15) is 5.11 Å². The summed E-state index contributed by atoms with van der Waals surface area (Å²) >= 11 is 1.70. The van der Waals surface area contributed by atoms with Gasteiger partial charge in [0.25, 0.3) is 0 Å². The maximum absolute atomic E-state index is 9.43.